The van der Waals surface area contributed by atoms with Crippen LogP contribution >= 0.6 is 0 Å². The first kappa shape index (κ1) is 23.7. The van der Waals surface area contributed by atoms with Crippen molar-refractivity contribution in [1.82, 2.24) is 9.03 Å². The number of carbonyl (C=O) groups is 1. The Morgan fingerprint density at radius 2 is 1.77 bits per heavy atom. The summed E-state index contributed by atoms with van der Waals surface area (Å²) in [5.41, 5.74) is 0.769. The molecule has 192 valence electrons. The Kier molecular flexibility index (Phi) is 5.88. The van der Waals surface area contributed by atoms with E-state index in [0.717, 1.165) is 36.2 Å². The van der Waals surface area contributed by atoms with Gasteiger partial charge in [0.15, 0.2) is 0 Å². The molecule has 5 saturated carbocycles. The lowest BCUT2D eigenvalue weighted by Gasteiger charge is -2.56. The summed E-state index contributed by atoms with van der Waals surface area (Å²) in [6.45, 7) is 1.03. The molecule has 0 unspecified atom stereocenters. The molecule has 6 aliphatic rings. The highest BCUT2D eigenvalue weighted by Gasteiger charge is 2.51. The molecule has 1 aliphatic heterocycles. The van der Waals surface area contributed by atoms with Crippen LogP contribution in [0.5, 0.6) is 5.75 Å². The molecule has 7 nitrogen and oxygen atoms in total. The zero-order valence-corrected chi connectivity index (χ0v) is 21.1. The van der Waals surface area contributed by atoms with E-state index in [9.17, 15) is 13.2 Å². The summed E-state index contributed by atoms with van der Waals surface area (Å²) >= 11 is 0. The van der Waals surface area contributed by atoms with Crippen molar-refractivity contribution >= 4 is 16.1 Å². The minimum Gasteiger partial charge on any atom is -0.493 e. The molecule has 5 aliphatic carbocycles. The van der Waals surface area contributed by atoms with Gasteiger partial charge in [0.25, 0.3) is 5.91 Å². The van der Waals surface area contributed by atoms with Crippen molar-refractivity contribution in [2.75, 3.05) is 26.8 Å². The van der Waals surface area contributed by atoms with Gasteiger partial charge in [0, 0.05) is 31.7 Å². The fourth-order valence-corrected chi connectivity index (χ4v) is 8.81. The third-order valence-corrected chi connectivity index (χ3v) is 10.5. The van der Waals surface area contributed by atoms with Crippen molar-refractivity contribution in [1.29, 1.82) is 0 Å². The molecular weight excluding hydrogens is 471 g/mol. The summed E-state index contributed by atoms with van der Waals surface area (Å²) in [6, 6.07) is 2.81. The molecule has 0 aromatic heterocycles. The second-order valence-corrected chi connectivity index (χ2v) is 13.5. The Labute approximate surface area is 206 Å². The lowest BCUT2D eigenvalue weighted by atomic mass is 9.50. The number of rotatable bonds is 8. The van der Waals surface area contributed by atoms with Crippen LogP contribution in [0.3, 0.4) is 0 Å². The Bertz CT molecular complexity index is 1080. The Morgan fingerprint density at radius 1 is 1.11 bits per heavy atom. The molecule has 1 aromatic carbocycles. The van der Waals surface area contributed by atoms with Crippen LogP contribution in [0.4, 0.5) is 4.39 Å². The van der Waals surface area contributed by atoms with Crippen LogP contribution in [0, 0.1) is 29.0 Å². The lowest BCUT2D eigenvalue weighted by molar-refractivity contribution is -0.0747. The van der Waals surface area contributed by atoms with Crippen molar-refractivity contribution in [2.45, 2.75) is 69.8 Å². The van der Waals surface area contributed by atoms with Gasteiger partial charge in [-0.25, -0.2) is 9.11 Å². The lowest BCUT2D eigenvalue weighted by Crippen LogP contribution is -2.48. The predicted octanol–water partition coefficient (Wildman–Crippen LogP) is 3.99. The van der Waals surface area contributed by atoms with Gasteiger partial charge in [-0.1, -0.05) is 0 Å². The van der Waals surface area contributed by atoms with Gasteiger partial charge in [-0.15, -0.1) is 0 Å². The molecule has 0 spiro atoms. The van der Waals surface area contributed by atoms with E-state index in [2.05, 4.69) is 0 Å². The van der Waals surface area contributed by atoms with Crippen LogP contribution in [-0.2, 0) is 14.9 Å². The van der Waals surface area contributed by atoms with E-state index in [1.807, 2.05) is 4.72 Å². The van der Waals surface area contributed by atoms with Gasteiger partial charge >= 0.3 is 10.2 Å². The number of nitrogens with zero attached hydrogens (tertiary/aromatic N) is 1. The molecule has 4 bridgehead atoms. The maximum absolute atomic E-state index is 15.1. The number of carbonyl (C=O) groups excluding carboxylic acids is 1. The second kappa shape index (κ2) is 8.70. The van der Waals surface area contributed by atoms with Gasteiger partial charge in [0.05, 0.1) is 18.3 Å². The van der Waals surface area contributed by atoms with Crippen molar-refractivity contribution in [3.63, 3.8) is 0 Å². The van der Waals surface area contributed by atoms with E-state index in [4.69, 9.17) is 9.47 Å². The van der Waals surface area contributed by atoms with Crippen molar-refractivity contribution in [3.05, 3.63) is 29.1 Å². The van der Waals surface area contributed by atoms with Gasteiger partial charge in [0.1, 0.15) is 11.6 Å². The SMILES string of the molecule is CO[C@@H]1CCN(S(=O)(=O)NC(=O)c2cc(C3CC3)c(OCC34CC5CC(CC(C5)C3)C4)cc2F)C1. The number of nitrogens with one attached hydrogen (secondary N) is 1. The Hall–Kier alpha value is -1.71. The molecule has 1 N–H and O–H groups in total. The zero-order valence-electron chi connectivity index (χ0n) is 20.3. The third kappa shape index (κ3) is 4.60. The van der Waals surface area contributed by atoms with Crippen LogP contribution in [0.2, 0.25) is 0 Å². The zero-order chi connectivity index (χ0) is 24.4. The van der Waals surface area contributed by atoms with Gasteiger partial charge in [-0.05, 0) is 93.1 Å². The van der Waals surface area contributed by atoms with E-state index in [1.165, 1.54) is 62.1 Å². The third-order valence-electron chi connectivity index (χ3n) is 9.06. The van der Waals surface area contributed by atoms with Gasteiger partial charge < -0.3 is 9.47 Å². The first-order valence-electron chi connectivity index (χ1n) is 13.0. The molecule has 1 saturated heterocycles. The van der Waals surface area contributed by atoms with Gasteiger partial charge in [0.2, 0.25) is 0 Å². The molecule has 6 fully saturated rings. The average Bonchev–Trinajstić information content (AvgIpc) is 3.51. The summed E-state index contributed by atoms with van der Waals surface area (Å²) in [5.74, 6) is 1.48. The van der Waals surface area contributed by atoms with E-state index < -0.39 is 21.9 Å². The fourth-order valence-electron chi connectivity index (χ4n) is 7.63. The summed E-state index contributed by atoms with van der Waals surface area (Å²) < 4.78 is 55.3. The summed E-state index contributed by atoms with van der Waals surface area (Å²) in [6.07, 6.45) is 9.98. The first-order chi connectivity index (χ1) is 16.7. The monoisotopic (exact) mass is 506 g/mol. The van der Waals surface area contributed by atoms with Crippen LogP contribution in [-0.4, -0.2) is 51.5 Å². The molecule has 7 rings (SSSR count). The van der Waals surface area contributed by atoms with Crippen molar-refractivity contribution in [3.8, 4) is 5.75 Å². The fraction of sp³-hybridized carbons (Fsp3) is 0.731. The Balaban J connectivity index is 1.18. The molecule has 1 atom stereocenters. The van der Waals surface area contributed by atoms with Gasteiger partial charge in [-0.3, -0.25) is 4.79 Å². The number of ether oxygens (including phenoxy) is 2. The topological polar surface area (TPSA) is 84.9 Å². The van der Waals surface area contributed by atoms with E-state index >= 15 is 4.39 Å². The number of amides is 1. The number of halogens is 1. The highest BCUT2D eigenvalue weighted by Crippen LogP contribution is 2.60. The quantitative estimate of drug-likeness (QED) is 0.576. The van der Waals surface area contributed by atoms with Crippen molar-refractivity contribution in [2.24, 2.45) is 23.2 Å². The van der Waals surface area contributed by atoms with Gasteiger partial charge in [-0.2, -0.15) is 12.7 Å². The number of hydrogen-bond donors (Lipinski definition) is 1. The van der Waals surface area contributed by atoms with Crippen molar-refractivity contribution < 1.29 is 27.1 Å². The van der Waals surface area contributed by atoms with Crippen LogP contribution in [0.15, 0.2) is 12.1 Å². The van der Waals surface area contributed by atoms with Crippen LogP contribution < -0.4 is 9.46 Å². The largest absolute Gasteiger partial charge is 0.493 e. The maximum Gasteiger partial charge on any atom is 0.304 e. The average molecular weight is 507 g/mol. The van der Waals surface area contributed by atoms with E-state index in [-0.39, 0.29) is 36.1 Å². The highest BCUT2D eigenvalue weighted by molar-refractivity contribution is 7.87. The summed E-state index contributed by atoms with van der Waals surface area (Å²) in [5, 5.41) is 0. The molecule has 1 heterocycles. The standard InChI is InChI=1S/C26H35FN2O5S/c1-33-20-4-5-29(14-20)35(31,32)28-25(30)22-9-21(19-2-3-19)24(10-23(22)27)34-15-26-11-16-6-17(12-26)8-18(7-16)13-26/h9-10,16-20H,2-8,11-15H2,1H3,(H,28,30)/t16?,17?,18?,20-,26?/m1/s1. The summed E-state index contributed by atoms with van der Waals surface area (Å²) in [4.78, 5) is 12.9. The minimum atomic E-state index is -4.08. The summed E-state index contributed by atoms with van der Waals surface area (Å²) in [7, 11) is -2.55. The molecule has 0 radical (unpaired) electrons. The molecular formula is C26H35FN2O5S. The molecule has 35 heavy (non-hydrogen) atoms. The first-order valence-corrected chi connectivity index (χ1v) is 14.5. The second-order valence-electron chi connectivity index (χ2n) is 11.8. The number of benzene rings is 1. The van der Waals surface area contributed by atoms with E-state index in [0.29, 0.717) is 18.8 Å². The Morgan fingerprint density at radius 3 is 2.34 bits per heavy atom. The van der Waals surface area contributed by atoms with Crippen LogP contribution in [0.1, 0.15) is 79.6 Å². The minimum absolute atomic E-state index is 0.173. The molecule has 9 heteroatoms. The number of hydrogen-bond acceptors (Lipinski definition) is 5. The smallest absolute Gasteiger partial charge is 0.304 e. The highest BCUT2D eigenvalue weighted by atomic mass is 32.2. The maximum atomic E-state index is 15.1. The normalized spacial score (nSPS) is 34.3. The predicted molar refractivity (Wildman–Crippen MR) is 128 cm³/mol. The van der Waals surface area contributed by atoms with E-state index in [1.54, 1.807) is 0 Å². The molecule has 1 amide bonds. The van der Waals surface area contributed by atoms with Crippen LogP contribution in [0.25, 0.3) is 0 Å². The number of methoxy groups -OCH3 is 1. The molecule has 1 aromatic rings.